The fourth-order valence-corrected chi connectivity index (χ4v) is 5.30. The van der Waals surface area contributed by atoms with Crippen molar-refractivity contribution in [3.8, 4) is 0 Å². The maximum absolute atomic E-state index is 12.3. The van der Waals surface area contributed by atoms with Gasteiger partial charge < -0.3 is 15.1 Å². The molecule has 0 aliphatic carbocycles. The summed E-state index contributed by atoms with van der Waals surface area (Å²) in [6.07, 6.45) is 0. The predicted molar refractivity (Wildman–Crippen MR) is 139 cm³/mol. The molecule has 1 aromatic rings. The second-order valence-electron chi connectivity index (χ2n) is 9.07. The summed E-state index contributed by atoms with van der Waals surface area (Å²) < 4.78 is 23.9. The van der Waals surface area contributed by atoms with Gasteiger partial charge in [0.2, 0.25) is 0 Å². The molecule has 0 spiro atoms. The molecule has 7 nitrogen and oxygen atoms in total. The van der Waals surface area contributed by atoms with Crippen molar-refractivity contribution in [3.05, 3.63) is 35.4 Å². The minimum atomic E-state index is -3.06. The van der Waals surface area contributed by atoms with Crippen LogP contribution in [0, 0.1) is 0 Å². The van der Waals surface area contributed by atoms with Crippen LogP contribution < -0.4 is 5.32 Å². The van der Waals surface area contributed by atoms with Crippen molar-refractivity contribution in [2.45, 2.75) is 38.6 Å². The van der Waals surface area contributed by atoms with E-state index in [0.717, 1.165) is 50.8 Å². The second-order valence-corrected chi connectivity index (χ2v) is 11.8. The van der Waals surface area contributed by atoms with Gasteiger partial charge >= 0.3 is 0 Å². The highest BCUT2D eigenvalue weighted by Crippen LogP contribution is 2.23. The molecule has 176 valence electrons. The van der Waals surface area contributed by atoms with Crippen molar-refractivity contribution >= 4 is 39.8 Å². The van der Waals surface area contributed by atoms with Gasteiger partial charge in [0.15, 0.2) is 15.8 Å². The van der Waals surface area contributed by atoms with E-state index in [1.165, 1.54) is 5.56 Å². The van der Waals surface area contributed by atoms with E-state index in [2.05, 4.69) is 51.3 Å². The molecular weight excluding hydrogens is 525 g/mol. The minimum Gasteiger partial charge on any atom is -0.357 e. The summed E-state index contributed by atoms with van der Waals surface area (Å²) in [6, 6.07) is 8.71. The molecule has 0 bridgehead atoms. The zero-order valence-electron chi connectivity index (χ0n) is 19.3. The van der Waals surface area contributed by atoms with Gasteiger partial charge in [0.25, 0.3) is 0 Å². The fraction of sp³-hybridized carbons (Fsp3) is 0.682. The summed E-state index contributed by atoms with van der Waals surface area (Å²) in [6.45, 7) is 13.4. The molecule has 2 aliphatic heterocycles. The van der Waals surface area contributed by atoms with E-state index in [1.54, 1.807) is 13.8 Å². The van der Waals surface area contributed by atoms with Crippen molar-refractivity contribution < 1.29 is 8.42 Å². The highest BCUT2D eigenvalue weighted by molar-refractivity contribution is 14.0. The average molecular weight is 564 g/mol. The van der Waals surface area contributed by atoms with Gasteiger partial charge in [0.1, 0.15) is 0 Å². The lowest BCUT2D eigenvalue weighted by atomic mass is 10.1. The Morgan fingerprint density at radius 1 is 1.06 bits per heavy atom. The molecule has 31 heavy (non-hydrogen) atoms. The van der Waals surface area contributed by atoms with E-state index in [1.807, 2.05) is 6.92 Å². The monoisotopic (exact) mass is 563 g/mol. The molecule has 0 atom stereocenters. The number of nitrogens with zero attached hydrogens (tertiary/aromatic N) is 4. The van der Waals surface area contributed by atoms with E-state index in [-0.39, 0.29) is 29.7 Å². The quantitative estimate of drug-likeness (QED) is 0.336. The van der Waals surface area contributed by atoms with Gasteiger partial charge in [0, 0.05) is 52.4 Å². The lowest BCUT2D eigenvalue weighted by molar-refractivity contribution is 0.148. The van der Waals surface area contributed by atoms with Crippen LogP contribution in [0.5, 0.6) is 0 Å². The zero-order valence-corrected chi connectivity index (χ0v) is 22.4. The largest absolute Gasteiger partial charge is 0.357 e. The molecule has 1 aromatic carbocycles. The highest BCUT2D eigenvalue weighted by Gasteiger charge is 2.40. The molecule has 0 unspecified atom stereocenters. The number of benzene rings is 1. The maximum Gasteiger partial charge on any atom is 0.194 e. The number of hydrogen-bond donors (Lipinski definition) is 1. The SMILES string of the molecule is CCNC(=NCc1ccc(CN2CCN(C)CC2)cc1)N1CCS(=O)(=O)C(C)(C)C1.I. The number of sulfone groups is 1. The Morgan fingerprint density at radius 2 is 1.68 bits per heavy atom. The Morgan fingerprint density at radius 3 is 2.26 bits per heavy atom. The van der Waals surface area contributed by atoms with E-state index in [0.29, 0.717) is 19.6 Å². The van der Waals surface area contributed by atoms with Crippen LogP contribution >= 0.6 is 24.0 Å². The molecule has 9 heteroatoms. The van der Waals surface area contributed by atoms with Gasteiger partial charge in [-0.2, -0.15) is 0 Å². The summed E-state index contributed by atoms with van der Waals surface area (Å²) in [5, 5.41) is 3.33. The number of aliphatic imine (C=N–C) groups is 1. The van der Waals surface area contributed by atoms with Crippen LogP contribution in [0.1, 0.15) is 31.9 Å². The number of likely N-dealkylation sites (N-methyl/N-ethyl adjacent to an activating group) is 1. The molecule has 2 fully saturated rings. The minimum absolute atomic E-state index is 0. The van der Waals surface area contributed by atoms with Crippen LogP contribution in [0.4, 0.5) is 0 Å². The molecule has 2 heterocycles. The third kappa shape index (κ3) is 7.03. The van der Waals surface area contributed by atoms with Gasteiger partial charge in [-0.3, -0.25) is 4.90 Å². The zero-order chi connectivity index (χ0) is 21.8. The molecule has 0 radical (unpaired) electrons. The fourth-order valence-electron chi connectivity index (χ4n) is 3.93. The summed E-state index contributed by atoms with van der Waals surface area (Å²) in [5.41, 5.74) is 2.50. The van der Waals surface area contributed by atoms with Gasteiger partial charge in [-0.15, -0.1) is 24.0 Å². The number of halogens is 1. The van der Waals surface area contributed by atoms with E-state index >= 15 is 0 Å². The van der Waals surface area contributed by atoms with Gasteiger partial charge in [-0.1, -0.05) is 24.3 Å². The number of rotatable bonds is 5. The Bertz CT molecular complexity index is 834. The third-order valence-corrected chi connectivity index (χ3v) is 8.65. The summed E-state index contributed by atoms with van der Waals surface area (Å²) >= 11 is 0. The lowest BCUT2D eigenvalue weighted by Crippen LogP contribution is -2.57. The van der Waals surface area contributed by atoms with Crippen molar-refractivity contribution in [1.82, 2.24) is 20.0 Å². The smallest absolute Gasteiger partial charge is 0.194 e. The van der Waals surface area contributed by atoms with Crippen molar-refractivity contribution in [2.75, 3.05) is 58.6 Å². The van der Waals surface area contributed by atoms with E-state index in [9.17, 15) is 8.42 Å². The first kappa shape index (κ1) is 26.3. The highest BCUT2D eigenvalue weighted by atomic mass is 127. The second kappa shape index (κ2) is 11.3. The van der Waals surface area contributed by atoms with Crippen LogP contribution in [0.25, 0.3) is 0 Å². The summed E-state index contributed by atoms with van der Waals surface area (Å²) in [7, 11) is -0.882. The number of hydrogen-bond acceptors (Lipinski definition) is 5. The maximum atomic E-state index is 12.3. The van der Waals surface area contributed by atoms with Crippen LogP contribution in [0.3, 0.4) is 0 Å². The molecule has 0 saturated carbocycles. The molecule has 1 N–H and O–H groups in total. The normalized spacial score (nSPS) is 22.1. The molecular formula is C22H38IN5O2S. The first-order valence-corrected chi connectivity index (χ1v) is 12.6. The van der Waals surface area contributed by atoms with Crippen LogP contribution in [-0.2, 0) is 22.9 Å². The molecule has 2 saturated heterocycles. The Labute approximate surface area is 205 Å². The first-order chi connectivity index (χ1) is 14.2. The summed E-state index contributed by atoms with van der Waals surface area (Å²) in [4.78, 5) is 11.7. The predicted octanol–water partition coefficient (Wildman–Crippen LogP) is 2.03. The Kier molecular flexibility index (Phi) is 9.59. The van der Waals surface area contributed by atoms with Crippen molar-refractivity contribution in [1.29, 1.82) is 0 Å². The molecule has 0 amide bonds. The van der Waals surface area contributed by atoms with Gasteiger partial charge in [0.05, 0.1) is 17.0 Å². The van der Waals surface area contributed by atoms with Crippen molar-refractivity contribution in [3.63, 3.8) is 0 Å². The Balaban J connectivity index is 0.00000341. The molecule has 0 aromatic heterocycles. The Hall–Kier alpha value is -0.910. The molecule has 2 aliphatic rings. The van der Waals surface area contributed by atoms with Gasteiger partial charge in [-0.25, -0.2) is 13.4 Å². The third-order valence-electron chi connectivity index (χ3n) is 6.11. The van der Waals surface area contributed by atoms with Crippen LogP contribution in [0.15, 0.2) is 29.3 Å². The van der Waals surface area contributed by atoms with Crippen molar-refractivity contribution in [2.24, 2.45) is 4.99 Å². The topological polar surface area (TPSA) is 68.2 Å². The number of piperazine rings is 1. The van der Waals surface area contributed by atoms with E-state index < -0.39 is 14.6 Å². The summed E-state index contributed by atoms with van der Waals surface area (Å²) in [5.74, 6) is 0.966. The lowest BCUT2D eigenvalue weighted by Gasteiger charge is -2.39. The van der Waals surface area contributed by atoms with E-state index in [4.69, 9.17) is 4.99 Å². The number of nitrogens with one attached hydrogen (secondary N) is 1. The van der Waals surface area contributed by atoms with Crippen LogP contribution in [0.2, 0.25) is 0 Å². The first-order valence-electron chi connectivity index (χ1n) is 10.9. The van der Waals surface area contributed by atoms with Crippen LogP contribution in [-0.4, -0.2) is 92.4 Å². The number of guanidine groups is 1. The average Bonchev–Trinajstić information content (AvgIpc) is 2.70. The standard InChI is InChI=1S/C22H37N5O2S.HI/c1-5-23-21(27-14-15-30(28,29)22(2,3)18-27)24-16-19-6-8-20(9-7-19)17-26-12-10-25(4)11-13-26;/h6-9H,5,10-18H2,1-4H3,(H,23,24);1H. The van der Waals surface area contributed by atoms with Gasteiger partial charge in [-0.05, 0) is 38.9 Å². The molecule has 3 rings (SSSR count).